The number of carbonyl (C=O) groups excluding carboxylic acids is 1. The second kappa shape index (κ2) is 12.9. The van der Waals surface area contributed by atoms with Crippen LogP contribution < -0.4 is 0 Å². The number of hydrogen-bond acceptors (Lipinski definition) is 6. The lowest BCUT2D eigenvalue weighted by Gasteiger charge is -2.47. The van der Waals surface area contributed by atoms with E-state index in [9.17, 15) is 4.79 Å². The summed E-state index contributed by atoms with van der Waals surface area (Å²) in [6.45, 7) is 0. The van der Waals surface area contributed by atoms with Gasteiger partial charge in [0.1, 0.15) is 23.4 Å². The molecule has 44 heavy (non-hydrogen) atoms. The van der Waals surface area contributed by atoms with Gasteiger partial charge in [-0.3, -0.25) is 0 Å². The molecule has 0 aromatic heterocycles. The maximum Gasteiger partial charge on any atom is 0.461 e. The van der Waals surface area contributed by atoms with Gasteiger partial charge in [-0.2, -0.15) is 0 Å². The summed E-state index contributed by atoms with van der Waals surface area (Å²) >= 11 is 0. The standard InChI is InChI=1S/C37H37BO6/c1-40-33(39)25-24-27-26-32(27)38-43-34(36(41-2,28-16-8-4-9-17-28)29-18-10-5-11-19-29)35(44-38)37(42-3,30-20-12-6-13-21-30)31-22-14-7-15-23-31/h4-25,27,32,34-35H,26H2,1-3H3/b25-24+/t27-,32-,34-,35-/m1/s1. The molecule has 6 rings (SSSR count). The first kappa shape index (κ1) is 30.0. The van der Waals surface area contributed by atoms with Crippen molar-refractivity contribution in [3.05, 3.63) is 156 Å². The van der Waals surface area contributed by atoms with E-state index in [2.05, 4.69) is 48.5 Å². The van der Waals surface area contributed by atoms with Gasteiger partial charge in [0.15, 0.2) is 0 Å². The van der Waals surface area contributed by atoms with E-state index >= 15 is 0 Å². The second-order valence-corrected chi connectivity index (χ2v) is 11.3. The highest BCUT2D eigenvalue weighted by Crippen LogP contribution is 2.56. The minimum atomic E-state index is -1.05. The summed E-state index contributed by atoms with van der Waals surface area (Å²) in [6.07, 6.45) is 2.91. The minimum absolute atomic E-state index is 0.0469. The van der Waals surface area contributed by atoms with Crippen LogP contribution in [0.2, 0.25) is 5.82 Å². The monoisotopic (exact) mass is 588 g/mol. The third kappa shape index (κ3) is 5.31. The van der Waals surface area contributed by atoms with Gasteiger partial charge in [-0.1, -0.05) is 127 Å². The van der Waals surface area contributed by atoms with Gasteiger partial charge in [0.25, 0.3) is 0 Å². The molecule has 1 saturated carbocycles. The summed E-state index contributed by atoms with van der Waals surface area (Å²) in [6, 6.07) is 40.7. The van der Waals surface area contributed by atoms with Crippen molar-refractivity contribution in [2.75, 3.05) is 21.3 Å². The van der Waals surface area contributed by atoms with E-state index in [0.717, 1.165) is 28.7 Å². The number of benzene rings is 4. The van der Waals surface area contributed by atoms with Gasteiger partial charge in [0.2, 0.25) is 0 Å². The molecule has 4 aromatic rings. The van der Waals surface area contributed by atoms with Crippen LogP contribution in [-0.2, 0) is 39.5 Å². The van der Waals surface area contributed by atoms with E-state index in [4.69, 9.17) is 23.5 Å². The van der Waals surface area contributed by atoms with E-state index < -0.39 is 30.5 Å². The molecule has 0 unspecified atom stereocenters. The fraction of sp³-hybridized carbons (Fsp3) is 0.270. The highest BCUT2D eigenvalue weighted by atomic mass is 16.7. The highest BCUT2D eigenvalue weighted by molar-refractivity contribution is 6.48. The van der Waals surface area contributed by atoms with Crippen LogP contribution in [0.4, 0.5) is 0 Å². The molecule has 4 atom stereocenters. The van der Waals surface area contributed by atoms with Crippen molar-refractivity contribution in [2.24, 2.45) is 5.92 Å². The average molecular weight is 589 g/mol. The Morgan fingerprint density at radius 2 is 1.02 bits per heavy atom. The normalized spacial score (nSPS) is 21.8. The van der Waals surface area contributed by atoms with Crippen molar-refractivity contribution in [2.45, 2.75) is 35.6 Å². The van der Waals surface area contributed by atoms with Crippen LogP contribution in [-0.4, -0.2) is 46.6 Å². The predicted octanol–water partition coefficient (Wildman–Crippen LogP) is 6.56. The molecule has 0 radical (unpaired) electrons. The fourth-order valence-corrected chi connectivity index (χ4v) is 6.76. The summed E-state index contributed by atoms with van der Waals surface area (Å²) in [5, 5.41) is 0. The van der Waals surface area contributed by atoms with Crippen LogP contribution in [0.25, 0.3) is 0 Å². The Hall–Kier alpha value is -4.01. The lowest BCUT2D eigenvalue weighted by molar-refractivity contribution is -0.136. The van der Waals surface area contributed by atoms with E-state index in [0.29, 0.717) is 0 Å². The van der Waals surface area contributed by atoms with Gasteiger partial charge >= 0.3 is 13.1 Å². The maximum atomic E-state index is 11.8. The first-order valence-electron chi connectivity index (χ1n) is 15.0. The van der Waals surface area contributed by atoms with Crippen LogP contribution in [0.5, 0.6) is 0 Å². The lowest BCUT2D eigenvalue weighted by Crippen LogP contribution is -2.56. The van der Waals surface area contributed by atoms with Crippen molar-refractivity contribution in [1.29, 1.82) is 0 Å². The Balaban J connectivity index is 1.55. The van der Waals surface area contributed by atoms with Crippen molar-refractivity contribution in [1.82, 2.24) is 0 Å². The lowest BCUT2D eigenvalue weighted by atomic mass is 9.71. The Morgan fingerprint density at radius 3 is 1.34 bits per heavy atom. The van der Waals surface area contributed by atoms with Crippen LogP contribution in [0.1, 0.15) is 28.7 Å². The van der Waals surface area contributed by atoms with E-state index in [1.54, 1.807) is 14.2 Å². The highest BCUT2D eigenvalue weighted by Gasteiger charge is 2.65. The van der Waals surface area contributed by atoms with Crippen molar-refractivity contribution >= 4 is 13.1 Å². The molecule has 4 aromatic carbocycles. The molecule has 1 aliphatic heterocycles. The molecular formula is C37H37BO6. The van der Waals surface area contributed by atoms with Crippen LogP contribution >= 0.6 is 0 Å². The third-order valence-electron chi connectivity index (χ3n) is 9.01. The zero-order valence-electron chi connectivity index (χ0n) is 25.2. The number of esters is 1. The molecule has 1 heterocycles. The van der Waals surface area contributed by atoms with Crippen LogP contribution in [0, 0.1) is 5.92 Å². The summed E-state index contributed by atoms with van der Waals surface area (Å²) in [5.41, 5.74) is 1.66. The number of allylic oxidation sites excluding steroid dienone is 1. The number of methoxy groups -OCH3 is 3. The molecule has 2 fully saturated rings. The second-order valence-electron chi connectivity index (χ2n) is 11.3. The van der Waals surface area contributed by atoms with Crippen LogP contribution in [0.15, 0.2) is 133 Å². The van der Waals surface area contributed by atoms with Gasteiger partial charge in [0, 0.05) is 26.1 Å². The maximum absolute atomic E-state index is 11.8. The summed E-state index contributed by atoms with van der Waals surface area (Å²) in [7, 11) is 4.27. The van der Waals surface area contributed by atoms with Crippen molar-refractivity contribution < 1.29 is 28.3 Å². The molecule has 2 aliphatic rings. The number of hydrogen-bond donors (Lipinski definition) is 0. The summed E-state index contributed by atoms with van der Waals surface area (Å²) < 4.78 is 32.4. The van der Waals surface area contributed by atoms with E-state index in [1.165, 1.54) is 13.2 Å². The topological polar surface area (TPSA) is 63.2 Å². The summed E-state index contributed by atoms with van der Waals surface area (Å²) in [5.74, 6) is -0.210. The van der Waals surface area contributed by atoms with Gasteiger partial charge in [-0.15, -0.1) is 0 Å². The van der Waals surface area contributed by atoms with Gasteiger partial charge in [-0.25, -0.2) is 4.79 Å². The molecule has 0 bridgehead atoms. The van der Waals surface area contributed by atoms with Gasteiger partial charge in [0.05, 0.1) is 7.11 Å². The van der Waals surface area contributed by atoms with E-state index in [-0.39, 0.29) is 17.7 Å². The van der Waals surface area contributed by atoms with Crippen LogP contribution in [0.3, 0.4) is 0 Å². The molecule has 7 heteroatoms. The molecule has 0 spiro atoms. The smallest absolute Gasteiger partial charge is 0.461 e. The number of ether oxygens (including phenoxy) is 3. The first-order chi connectivity index (χ1) is 21.6. The molecule has 1 aliphatic carbocycles. The molecule has 6 nitrogen and oxygen atoms in total. The Kier molecular flexibility index (Phi) is 8.82. The van der Waals surface area contributed by atoms with Crippen molar-refractivity contribution in [3.63, 3.8) is 0 Å². The SMILES string of the molecule is COC(=O)/C=C/[C@@H]1C[C@H]1B1O[C@@H](C(OC)(c2ccccc2)c2ccccc2)[C@H](C(OC)(c2ccccc2)c2ccccc2)O1. The van der Waals surface area contributed by atoms with Gasteiger partial charge < -0.3 is 23.5 Å². The van der Waals surface area contributed by atoms with Gasteiger partial charge in [-0.05, 0) is 34.6 Å². The molecular weight excluding hydrogens is 551 g/mol. The predicted molar refractivity (Wildman–Crippen MR) is 170 cm³/mol. The third-order valence-corrected chi connectivity index (χ3v) is 9.01. The fourth-order valence-electron chi connectivity index (χ4n) is 6.76. The Morgan fingerprint density at radius 1 is 0.659 bits per heavy atom. The largest absolute Gasteiger partial charge is 0.466 e. The minimum Gasteiger partial charge on any atom is -0.466 e. The zero-order chi connectivity index (χ0) is 30.6. The number of rotatable bonds is 11. The molecule has 0 N–H and O–H groups in total. The zero-order valence-corrected chi connectivity index (χ0v) is 25.2. The molecule has 0 amide bonds. The summed E-state index contributed by atoms with van der Waals surface area (Å²) in [4.78, 5) is 11.8. The molecule has 224 valence electrons. The van der Waals surface area contributed by atoms with E-state index in [1.807, 2.05) is 78.9 Å². The van der Waals surface area contributed by atoms with Crippen molar-refractivity contribution in [3.8, 4) is 0 Å². The Bertz CT molecular complexity index is 1370. The Labute approximate surface area is 259 Å². The average Bonchev–Trinajstić information content (AvgIpc) is 3.75. The number of carbonyl (C=O) groups is 1. The first-order valence-corrected chi connectivity index (χ1v) is 15.0. The quantitative estimate of drug-likeness (QED) is 0.112. The molecule has 1 saturated heterocycles.